The summed E-state index contributed by atoms with van der Waals surface area (Å²) in [7, 11) is 0. The Bertz CT molecular complexity index is 350. The lowest BCUT2D eigenvalue weighted by molar-refractivity contribution is 0.0990. The van der Waals surface area contributed by atoms with Crippen LogP contribution in [0, 0.1) is 0 Å². The van der Waals surface area contributed by atoms with Gasteiger partial charge in [0.05, 0.1) is 5.38 Å². The van der Waals surface area contributed by atoms with Crippen molar-refractivity contribution in [1.29, 1.82) is 0 Å². The van der Waals surface area contributed by atoms with E-state index in [4.69, 9.17) is 23.2 Å². The number of Topliss-reactive ketones (excluding diaryl/α,β-unsaturated/α-hetero) is 1. The molecule has 0 bridgehead atoms. The smallest absolute Gasteiger partial charge is 0.180 e. The lowest BCUT2D eigenvalue weighted by Crippen LogP contribution is -2.12. The summed E-state index contributed by atoms with van der Waals surface area (Å²) in [5, 5.41) is -0.408. The maximum absolute atomic E-state index is 12.6. The Kier molecular flexibility index (Phi) is 3.90. The number of benzene rings is 1. The van der Waals surface area contributed by atoms with E-state index in [2.05, 4.69) is 0 Å². The van der Waals surface area contributed by atoms with E-state index in [1.54, 1.807) is 19.1 Å². The molecule has 1 nitrogen and oxygen atoms in total. The molecule has 4 heteroatoms. The quantitative estimate of drug-likeness (QED) is 0.577. The Labute approximate surface area is 91.8 Å². The van der Waals surface area contributed by atoms with E-state index in [0.717, 1.165) is 0 Å². The van der Waals surface area contributed by atoms with E-state index >= 15 is 0 Å². The van der Waals surface area contributed by atoms with E-state index in [-0.39, 0.29) is 21.9 Å². The third-order valence-electron chi connectivity index (χ3n) is 1.88. The Balaban J connectivity index is 3.20. The molecule has 1 aromatic rings. The lowest BCUT2D eigenvalue weighted by atomic mass is 10.0. The molecule has 1 rings (SSSR count). The largest absolute Gasteiger partial charge is 0.293 e. The average molecular weight is 235 g/mol. The second kappa shape index (κ2) is 4.76. The molecule has 1 aromatic carbocycles. The molecular formula is C10H9Cl2FO. The maximum atomic E-state index is 12.6. The topological polar surface area (TPSA) is 17.1 Å². The number of hydrogen-bond donors (Lipinski definition) is 0. The number of carbonyl (C=O) groups is 1. The Morgan fingerprint density at radius 3 is 2.71 bits per heavy atom. The summed E-state index contributed by atoms with van der Waals surface area (Å²) in [6.07, 6.45) is 0. The van der Waals surface area contributed by atoms with Crippen molar-refractivity contribution in [1.82, 2.24) is 0 Å². The first-order valence-corrected chi connectivity index (χ1v) is 4.91. The van der Waals surface area contributed by atoms with Crippen molar-refractivity contribution < 1.29 is 9.18 Å². The van der Waals surface area contributed by atoms with E-state index in [1.165, 1.54) is 6.07 Å². The Morgan fingerprint density at radius 2 is 2.21 bits per heavy atom. The highest BCUT2D eigenvalue weighted by Gasteiger charge is 2.17. The first-order valence-electron chi connectivity index (χ1n) is 4.09. The highest BCUT2D eigenvalue weighted by atomic mass is 35.5. The second-order valence-electron chi connectivity index (χ2n) is 2.88. The monoisotopic (exact) mass is 234 g/mol. The SMILES string of the molecule is CC(Cl)C(=O)c1cccc(Cl)c1CF. The normalized spacial score (nSPS) is 12.6. The standard InChI is InChI=1S/C10H9Cl2FO/c1-6(11)10(14)7-3-2-4-9(12)8(7)5-13/h2-4,6H,5H2,1H3. The number of alkyl halides is 2. The third kappa shape index (κ3) is 2.25. The summed E-state index contributed by atoms with van der Waals surface area (Å²) in [4.78, 5) is 11.5. The summed E-state index contributed by atoms with van der Waals surface area (Å²) < 4.78 is 12.6. The molecule has 76 valence electrons. The van der Waals surface area contributed by atoms with E-state index < -0.39 is 12.1 Å². The number of halogens is 3. The molecule has 14 heavy (non-hydrogen) atoms. The van der Waals surface area contributed by atoms with Gasteiger partial charge in [-0.05, 0) is 13.0 Å². The predicted octanol–water partition coefficient (Wildman–Crippen LogP) is 3.62. The first-order chi connectivity index (χ1) is 6.57. The molecule has 0 saturated carbocycles. The summed E-state index contributed by atoms with van der Waals surface area (Å²) in [6, 6.07) is 4.68. The van der Waals surface area contributed by atoms with Crippen LogP contribution in [-0.2, 0) is 6.67 Å². The molecule has 0 saturated heterocycles. The zero-order valence-electron chi connectivity index (χ0n) is 7.56. The average Bonchev–Trinajstić information content (AvgIpc) is 2.16. The minimum absolute atomic E-state index is 0.215. The Hall–Kier alpha value is -0.600. The van der Waals surface area contributed by atoms with Gasteiger partial charge in [-0.2, -0.15) is 0 Å². The van der Waals surface area contributed by atoms with Crippen molar-refractivity contribution >= 4 is 29.0 Å². The molecule has 0 N–H and O–H groups in total. The molecule has 0 radical (unpaired) electrons. The van der Waals surface area contributed by atoms with Gasteiger partial charge in [0.25, 0.3) is 0 Å². The van der Waals surface area contributed by atoms with Gasteiger partial charge in [0.1, 0.15) is 6.67 Å². The highest BCUT2D eigenvalue weighted by Crippen LogP contribution is 2.23. The van der Waals surface area contributed by atoms with Crippen LogP contribution < -0.4 is 0 Å². The van der Waals surface area contributed by atoms with Gasteiger partial charge < -0.3 is 0 Å². The minimum atomic E-state index is -0.760. The van der Waals surface area contributed by atoms with E-state index in [0.29, 0.717) is 0 Å². The van der Waals surface area contributed by atoms with Gasteiger partial charge in [0.15, 0.2) is 5.78 Å². The van der Waals surface area contributed by atoms with Gasteiger partial charge in [-0.3, -0.25) is 4.79 Å². The number of rotatable bonds is 3. The molecule has 0 aliphatic carbocycles. The van der Waals surface area contributed by atoms with Gasteiger partial charge in [0, 0.05) is 16.1 Å². The number of carbonyl (C=O) groups excluding carboxylic acids is 1. The van der Waals surface area contributed by atoms with Gasteiger partial charge in [0.2, 0.25) is 0 Å². The first kappa shape index (κ1) is 11.5. The van der Waals surface area contributed by atoms with Crippen LogP contribution in [0.1, 0.15) is 22.8 Å². The fourth-order valence-corrected chi connectivity index (χ4v) is 1.48. The van der Waals surface area contributed by atoms with Gasteiger partial charge in [-0.15, -0.1) is 11.6 Å². The van der Waals surface area contributed by atoms with Crippen LogP contribution in [0.25, 0.3) is 0 Å². The molecule has 1 atom stereocenters. The van der Waals surface area contributed by atoms with Gasteiger partial charge in [-0.1, -0.05) is 23.7 Å². The maximum Gasteiger partial charge on any atom is 0.180 e. The molecule has 0 spiro atoms. The van der Waals surface area contributed by atoms with Crippen molar-refractivity contribution in [3.05, 3.63) is 34.3 Å². The summed E-state index contributed by atoms with van der Waals surface area (Å²) >= 11 is 11.4. The van der Waals surface area contributed by atoms with Crippen molar-refractivity contribution in [3.8, 4) is 0 Å². The number of ketones is 1. The zero-order valence-corrected chi connectivity index (χ0v) is 9.07. The van der Waals surface area contributed by atoms with Gasteiger partial charge >= 0.3 is 0 Å². The minimum Gasteiger partial charge on any atom is -0.293 e. The van der Waals surface area contributed by atoms with E-state index in [1.807, 2.05) is 0 Å². The summed E-state index contributed by atoms with van der Waals surface area (Å²) in [5.74, 6) is -0.304. The molecule has 0 amide bonds. The highest BCUT2D eigenvalue weighted by molar-refractivity contribution is 6.35. The fourth-order valence-electron chi connectivity index (χ4n) is 1.14. The molecule has 0 aliphatic rings. The predicted molar refractivity (Wildman–Crippen MR) is 55.9 cm³/mol. The van der Waals surface area contributed by atoms with Crippen molar-refractivity contribution in [3.63, 3.8) is 0 Å². The molecule has 1 unspecified atom stereocenters. The fraction of sp³-hybridized carbons (Fsp3) is 0.300. The molecular weight excluding hydrogens is 226 g/mol. The van der Waals surface area contributed by atoms with Crippen molar-refractivity contribution in [2.75, 3.05) is 0 Å². The Morgan fingerprint density at radius 1 is 1.57 bits per heavy atom. The summed E-state index contributed by atoms with van der Waals surface area (Å²) in [6.45, 7) is 0.789. The number of hydrogen-bond acceptors (Lipinski definition) is 1. The second-order valence-corrected chi connectivity index (χ2v) is 3.94. The summed E-state index contributed by atoms with van der Waals surface area (Å²) in [5.41, 5.74) is 0.481. The molecule has 0 aromatic heterocycles. The molecule has 0 aliphatic heterocycles. The molecule has 0 fully saturated rings. The van der Waals surface area contributed by atoms with Gasteiger partial charge in [-0.25, -0.2) is 4.39 Å². The van der Waals surface area contributed by atoms with Crippen molar-refractivity contribution in [2.24, 2.45) is 0 Å². The zero-order chi connectivity index (χ0) is 10.7. The lowest BCUT2D eigenvalue weighted by Gasteiger charge is -2.08. The van der Waals surface area contributed by atoms with Crippen LogP contribution in [0.3, 0.4) is 0 Å². The van der Waals surface area contributed by atoms with Crippen LogP contribution in [0.2, 0.25) is 5.02 Å². The van der Waals surface area contributed by atoms with Crippen LogP contribution in [0.15, 0.2) is 18.2 Å². The van der Waals surface area contributed by atoms with Crippen LogP contribution in [0.5, 0.6) is 0 Å². The van der Waals surface area contributed by atoms with Crippen molar-refractivity contribution in [2.45, 2.75) is 19.0 Å². The third-order valence-corrected chi connectivity index (χ3v) is 2.43. The van der Waals surface area contributed by atoms with E-state index in [9.17, 15) is 9.18 Å². The molecule has 0 heterocycles. The van der Waals surface area contributed by atoms with Crippen LogP contribution in [-0.4, -0.2) is 11.2 Å². The van der Waals surface area contributed by atoms with Crippen LogP contribution >= 0.6 is 23.2 Å². The van der Waals surface area contributed by atoms with Crippen LogP contribution in [0.4, 0.5) is 4.39 Å².